The maximum atomic E-state index is 13.5. The van der Waals surface area contributed by atoms with Gasteiger partial charge < -0.3 is 10.2 Å². The fourth-order valence-corrected chi connectivity index (χ4v) is 3.61. The normalized spacial score (nSPS) is 25.5. The minimum absolute atomic E-state index is 0.0689. The molecule has 0 spiro atoms. The first kappa shape index (κ1) is 14.5. The average molecular weight is 314 g/mol. The summed E-state index contributed by atoms with van der Waals surface area (Å²) in [6, 6.07) is 2.88. The van der Waals surface area contributed by atoms with E-state index in [1.165, 1.54) is 6.07 Å². The molecule has 114 valence electrons. The predicted octanol–water partition coefficient (Wildman–Crippen LogP) is 3.11. The third kappa shape index (κ3) is 2.70. The highest BCUT2D eigenvalue weighted by molar-refractivity contribution is 6.31. The molecule has 21 heavy (non-hydrogen) atoms. The lowest BCUT2D eigenvalue weighted by molar-refractivity contribution is -0.384. The van der Waals surface area contributed by atoms with E-state index in [1.54, 1.807) is 0 Å². The van der Waals surface area contributed by atoms with Gasteiger partial charge in [-0.1, -0.05) is 11.6 Å². The highest BCUT2D eigenvalue weighted by Gasteiger charge is 2.36. The Labute approximate surface area is 127 Å². The molecule has 0 bridgehead atoms. The first-order valence-corrected chi connectivity index (χ1v) is 7.59. The lowest BCUT2D eigenvalue weighted by Gasteiger charge is -2.31. The van der Waals surface area contributed by atoms with E-state index < -0.39 is 10.7 Å². The zero-order valence-corrected chi connectivity index (χ0v) is 12.3. The molecule has 2 aliphatic rings. The lowest BCUT2D eigenvalue weighted by Crippen LogP contribution is -2.44. The Morgan fingerprint density at radius 3 is 2.86 bits per heavy atom. The Hall–Kier alpha value is -1.40. The molecule has 1 aromatic rings. The van der Waals surface area contributed by atoms with Crippen LogP contribution in [0.15, 0.2) is 12.1 Å². The van der Waals surface area contributed by atoms with Gasteiger partial charge in [0, 0.05) is 18.6 Å². The van der Waals surface area contributed by atoms with Gasteiger partial charge in [0.15, 0.2) is 0 Å². The molecule has 0 aliphatic carbocycles. The average Bonchev–Trinajstić information content (AvgIpc) is 3.09. The van der Waals surface area contributed by atoms with Crippen LogP contribution in [0.2, 0.25) is 5.02 Å². The molecule has 5 nitrogen and oxygen atoms in total. The van der Waals surface area contributed by atoms with Crippen LogP contribution in [-0.4, -0.2) is 30.1 Å². The first-order valence-electron chi connectivity index (χ1n) is 7.21. The lowest BCUT2D eigenvalue weighted by atomic mass is 10.0. The van der Waals surface area contributed by atoms with Gasteiger partial charge in [-0.15, -0.1) is 0 Å². The number of hydrogen-bond donors (Lipinski definition) is 1. The first-order chi connectivity index (χ1) is 10.1. The molecule has 1 aromatic carbocycles. The van der Waals surface area contributed by atoms with Crippen molar-refractivity contribution in [2.24, 2.45) is 0 Å². The molecule has 0 radical (unpaired) electrons. The second-order valence-electron chi connectivity index (χ2n) is 5.62. The molecule has 2 saturated heterocycles. The van der Waals surface area contributed by atoms with Gasteiger partial charge in [-0.3, -0.25) is 10.1 Å². The van der Waals surface area contributed by atoms with Crippen LogP contribution in [0.25, 0.3) is 0 Å². The summed E-state index contributed by atoms with van der Waals surface area (Å²) >= 11 is 5.84. The number of rotatable bonds is 3. The molecular formula is C14H17ClFN3O2. The van der Waals surface area contributed by atoms with Crippen LogP contribution < -0.4 is 10.2 Å². The summed E-state index contributed by atoms with van der Waals surface area (Å²) in [5.74, 6) is -0.748. The highest BCUT2D eigenvalue weighted by Crippen LogP contribution is 2.38. The number of nitrogens with one attached hydrogen (secondary N) is 1. The fourth-order valence-electron chi connectivity index (χ4n) is 3.45. The van der Waals surface area contributed by atoms with Gasteiger partial charge in [0.2, 0.25) is 0 Å². The van der Waals surface area contributed by atoms with Crippen LogP contribution in [0, 0.1) is 15.9 Å². The zero-order chi connectivity index (χ0) is 15.0. The van der Waals surface area contributed by atoms with Crippen molar-refractivity contribution in [3.05, 3.63) is 33.1 Å². The number of nitro groups is 1. The summed E-state index contributed by atoms with van der Waals surface area (Å²) in [5, 5.41) is 14.6. The van der Waals surface area contributed by atoms with Crippen molar-refractivity contribution in [3.8, 4) is 0 Å². The van der Waals surface area contributed by atoms with Crippen molar-refractivity contribution in [2.45, 2.75) is 37.8 Å². The summed E-state index contributed by atoms with van der Waals surface area (Å²) in [4.78, 5) is 12.7. The SMILES string of the molecule is O=[N+]([O-])c1cc(F)c(Cl)cc1N1CCCC1C1CCCN1. The van der Waals surface area contributed by atoms with E-state index in [1.807, 2.05) is 4.90 Å². The third-order valence-electron chi connectivity index (χ3n) is 4.39. The maximum Gasteiger partial charge on any atom is 0.295 e. The maximum absolute atomic E-state index is 13.5. The highest BCUT2D eigenvalue weighted by atomic mass is 35.5. The van der Waals surface area contributed by atoms with Crippen LogP contribution in [0.1, 0.15) is 25.7 Å². The van der Waals surface area contributed by atoms with Crippen LogP contribution in [0.4, 0.5) is 15.8 Å². The van der Waals surface area contributed by atoms with E-state index in [4.69, 9.17) is 11.6 Å². The van der Waals surface area contributed by atoms with Crippen LogP contribution in [-0.2, 0) is 0 Å². The fraction of sp³-hybridized carbons (Fsp3) is 0.571. The van der Waals surface area contributed by atoms with Crippen LogP contribution >= 0.6 is 11.6 Å². The Balaban J connectivity index is 1.98. The molecule has 2 unspecified atom stereocenters. The number of nitro benzene ring substituents is 1. The van der Waals surface area contributed by atoms with Gasteiger partial charge in [0.1, 0.15) is 11.5 Å². The minimum Gasteiger partial charge on any atom is -0.361 e. The number of halogens is 2. The van der Waals surface area contributed by atoms with Crippen LogP contribution in [0.3, 0.4) is 0 Å². The van der Waals surface area contributed by atoms with Gasteiger partial charge >= 0.3 is 0 Å². The Bertz CT molecular complexity index is 563. The molecule has 0 amide bonds. The van der Waals surface area contributed by atoms with Gasteiger partial charge in [-0.25, -0.2) is 4.39 Å². The Morgan fingerprint density at radius 2 is 2.19 bits per heavy atom. The molecular weight excluding hydrogens is 297 g/mol. The number of benzene rings is 1. The third-order valence-corrected chi connectivity index (χ3v) is 4.68. The summed E-state index contributed by atoms with van der Waals surface area (Å²) in [7, 11) is 0. The van der Waals surface area contributed by atoms with Crippen molar-refractivity contribution in [1.82, 2.24) is 5.32 Å². The second kappa shape index (κ2) is 5.77. The van der Waals surface area contributed by atoms with Gasteiger partial charge in [0.05, 0.1) is 16.0 Å². The van der Waals surface area contributed by atoms with E-state index in [0.29, 0.717) is 11.7 Å². The molecule has 7 heteroatoms. The number of anilines is 1. The summed E-state index contributed by atoms with van der Waals surface area (Å²) < 4.78 is 13.5. The van der Waals surface area contributed by atoms with Crippen molar-refractivity contribution >= 4 is 23.0 Å². The smallest absolute Gasteiger partial charge is 0.295 e. The van der Waals surface area contributed by atoms with E-state index in [0.717, 1.165) is 44.8 Å². The zero-order valence-electron chi connectivity index (χ0n) is 11.5. The van der Waals surface area contributed by atoms with E-state index in [2.05, 4.69) is 5.32 Å². The van der Waals surface area contributed by atoms with Crippen molar-refractivity contribution in [3.63, 3.8) is 0 Å². The molecule has 2 fully saturated rings. The monoisotopic (exact) mass is 313 g/mol. The number of hydrogen-bond acceptors (Lipinski definition) is 4. The van der Waals surface area contributed by atoms with E-state index >= 15 is 0 Å². The molecule has 0 aromatic heterocycles. The summed E-state index contributed by atoms with van der Waals surface area (Å²) in [6.07, 6.45) is 4.17. The number of nitrogens with zero attached hydrogens (tertiary/aromatic N) is 2. The standard InChI is InChI=1S/C14H17ClFN3O2/c15-9-7-13(14(19(20)21)8-10(9)16)18-6-2-4-12(18)11-3-1-5-17-11/h7-8,11-12,17H,1-6H2. The van der Waals surface area contributed by atoms with Crippen molar-refractivity contribution in [1.29, 1.82) is 0 Å². The van der Waals surface area contributed by atoms with Gasteiger partial charge in [-0.05, 0) is 38.3 Å². The second-order valence-corrected chi connectivity index (χ2v) is 6.03. The van der Waals surface area contributed by atoms with Crippen molar-refractivity contribution < 1.29 is 9.31 Å². The van der Waals surface area contributed by atoms with Gasteiger partial charge in [0.25, 0.3) is 5.69 Å². The quantitative estimate of drug-likeness (QED) is 0.688. The molecule has 0 saturated carbocycles. The molecule has 2 heterocycles. The topological polar surface area (TPSA) is 58.4 Å². The Kier molecular flexibility index (Phi) is 3.99. The van der Waals surface area contributed by atoms with Crippen LogP contribution in [0.5, 0.6) is 0 Å². The predicted molar refractivity (Wildman–Crippen MR) is 79.5 cm³/mol. The largest absolute Gasteiger partial charge is 0.361 e. The molecule has 2 atom stereocenters. The van der Waals surface area contributed by atoms with E-state index in [9.17, 15) is 14.5 Å². The van der Waals surface area contributed by atoms with Crippen molar-refractivity contribution in [2.75, 3.05) is 18.0 Å². The van der Waals surface area contributed by atoms with E-state index in [-0.39, 0.29) is 16.8 Å². The summed E-state index contributed by atoms with van der Waals surface area (Å²) in [6.45, 7) is 1.73. The molecule has 3 rings (SSSR count). The summed E-state index contributed by atoms with van der Waals surface area (Å²) in [5.41, 5.74) is 0.226. The van der Waals surface area contributed by atoms with Gasteiger partial charge in [-0.2, -0.15) is 0 Å². The Morgan fingerprint density at radius 1 is 1.38 bits per heavy atom. The molecule has 2 aliphatic heterocycles. The molecule has 1 N–H and O–H groups in total. The minimum atomic E-state index is -0.748.